The van der Waals surface area contributed by atoms with Crippen molar-refractivity contribution in [3.8, 4) is 28.1 Å². The highest BCUT2D eigenvalue weighted by Gasteiger charge is 2.27. The van der Waals surface area contributed by atoms with Gasteiger partial charge in [-0.15, -0.1) is 0 Å². The molecule has 0 saturated heterocycles. The Morgan fingerprint density at radius 3 is 2.28 bits per heavy atom. The lowest BCUT2D eigenvalue weighted by atomic mass is 9.96. The third kappa shape index (κ3) is 2.82. The molecule has 0 fully saturated rings. The van der Waals surface area contributed by atoms with Crippen LogP contribution >= 0.6 is 0 Å². The molecule has 5 N–H and O–H groups in total. The van der Waals surface area contributed by atoms with Crippen LogP contribution in [0.3, 0.4) is 0 Å². The molecule has 0 radical (unpaired) electrons. The van der Waals surface area contributed by atoms with Crippen molar-refractivity contribution >= 4 is 22.8 Å². The molecule has 29 heavy (non-hydrogen) atoms. The Bertz CT molecular complexity index is 1260. The van der Waals surface area contributed by atoms with Crippen LogP contribution in [0.1, 0.15) is 21.8 Å². The lowest BCUT2D eigenvalue weighted by Crippen LogP contribution is -2.20. The number of fused-ring (bicyclic) bond motifs is 1. The number of nitrogens with zero attached hydrogens (tertiary/aromatic N) is 2. The van der Waals surface area contributed by atoms with Gasteiger partial charge >= 0.3 is 6.03 Å². The van der Waals surface area contributed by atoms with Gasteiger partial charge < -0.3 is 21.1 Å². The Morgan fingerprint density at radius 2 is 1.72 bits per heavy atom. The first-order valence-electron chi connectivity index (χ1n) is 8.80. The van der Waals surface area contributed by atoms with Crippen molar-refractivity contribution in [2.24, 2.45) is 11.5 Å². The number of phenols is 1. The predicted molar refractivity (Wildman–Crippen MR) is 108 cm³/mol. The molecule has 0 unspecified atom stereocenters. The normalized spacial score (nSPS) is 11.1. The van der Waals surface area contributed by atoms with Crippen LogP contribution in [0.2, 0.25) is 0 Å². The molecule has 146 valence electrons. The van der Waals surface area contributed by atoms with E-state index in [-0.39, 0.29) is 5.75 Å². The molecule has 0 saturated carbocycles. The number of aryl methyl sites for hydroxylation is 2. The topological polar surface area (TPSA) is 137 Å². The second kappa shape index (κ2) is 6.52. The van der Waals surface area contributed by atoms with Gasteiger partial charge in [-0.3, -0.25) is 9.36 Å². The molecule has 0 aliphatic rings. The van der Waals surface area contributed by atoms with Crippen LogP contribution in [0.25, 0.3) is 33.3 Å². The highest BCUT2D eigenvalue weighted by molar-refractivity contribution is 6.11. The maximum absolute atomic E-state index is 12.5. The number of carbonyl (C=O) groups excluding carboxylic acids is 2. The minimum Gasteiger partial charge on any atom is -0.508 e. The maximum atomic E-state index is 12.5. The van der Waals surface area contributed by atoms with Gasteiger partial charge in [0.2, 0.25) is 5.91 Å². The van der Waals surface area contributed by atoms with Crippen molar-refractivity contribution in [2.45, 2.75) is 13.8 Å². The third-order valence-electron chi connectivity index (χ3n) is 4.90. The molecule has 8 heteroatoms. The average molecular weight is 390 g/mol. The molecule has 0 atom stereocenters. The molecule has 2 amide bonds. The number of hydrogen-bond acceptors (Lipinski definition) is 5. The number of primary amides is 2. The number of phenolic OH excluding ortho intramolecular Hbond substituents is 1. The standard InChI is InChI=1S/C21H18N4O4/c1-10-17(11(2)29-24-10)19-18(12-3-6-14(26)7-4-12)15-9-13(20(22)27)5-8-16(15)25(19)21(23)28/h3-9,26H,1-2H3,(H2,22,27)(H2,23,28). The van der Waals surface area contributed by atoms with Crippen LogP contribution in [0.15, 0.2) is 47.0 Å². The summed E-state index contributed by atoms with van der Waals surface area (Å²) in [7, 11) is 0. The monoisotopic (exact) mass is 390 g/mol. The second-order valence-electron chi connectivity index (χ2n) is 6.74. The first-order chi connectivity index (χ1) is 13.8. The fraction of sp³-hybridized carbons (Fsp3) is 0.0952. The van der Waals surface area contributed by atoms with Crippen molar-refractivity contribution < 1.29 is 19.2 Å². The number of carbonyl (C=O) groups is 2. The van der Waals surface area contributed by atoms with Crippen LogP contribution in [-0.2, 0) is 0 Å². The van der Waals surface area contributed by atoms with Gasteiger partial charge in [-0.2, -0.15) is 0 Å². The van der Waals surface area contributed by atoms with Crippen molar-refractivity contribution in [1.82, 2.24) is 9.72 Å². The van der Waals surface area contributed by atoms with Gasteiger partial charge in [0.15, 0.2) is 0 Å². The van der Waals surface area contributed by atoms with Gasteiger partial charge in [0, 0.05) is 16.5 Å². The summed E-state index contributed by atoms with van der Waals surface area (Å²) in [6.07, 6.45) is 0. The number of aromatic nitrogens is 2. The minimum atomic E-state index is -0.693. The second-order valence-corrected chi connectivity index (χ2v) is 6.74. The molecule has 0 aliphatic heterocycles. The molecule has 8 nitrogen and oxygen atoms in total. The van der Waals surface area contributed by atoms with Crippen molar-refractivity contribution in [3.05, 3.63) is 59.5 Å². The summed E-state index contributed by atoms with van der Waals surface area (Å²) in [5.74, 6) is 0.0290. The lowest BCUT2D eigenvalue weighted by molar-refractivity contribution is 0.100. The lowest BCUT2D eigenvalue weighted by Gasteiger charge is -2.09. The van der Waals surface area contributed by atoms with E-state index < -0.39 is 11.9 Å². The first-order valence-corrected chi connectivity index (χ1v) is 8.80. The molecule has 4 aromatic rings. The van der Waals surface area contributed by atoms with Gasteiger partial charge in [0.05, 0.1) is 22.5 Å². The summed E-state index contributed by atoms with van der Waals surface area (Å²) in [6.45, 7) is 3.51. The van der Waals surface area contributed by atoms with Gasteiger partial charge in [-0.25, -0.2) is 4.79 Å². The van der Waals surface area contributed by atoms with Crippen LogP contribution in [0.5, 0.6) is 5.75 Å². The average Bonchev–Trinajstić information content (AvgIpc) is 3.18. The van der Waals surface area contributed by atoms with E-state index in [1.54, 1.807) is 44.2 Å². The van der Waals surface area contributed by atoms with E-state index in [2.05, 4.69) is 5.16 Å². The van der Waals surface area contributed by atoms with E-state index in [9.17, 15) is 14.7 Å². The van der Waals surface area contributed by atoms with Crippen LogP contribution in [-0.4, -0.2) is 26.8 Å². The Balaban J connectivity index is 2.23. The zero-order valence-electron chi connectivity index (χ0n) is 15.8. The fourth-order valence-electron chi connectivity index (χ4n) is 3.65. The summed E-state index contributed by atoms with van der Waals surface area (Å²) in [6, 6.07) is 10.6. The van der Waals surface area contributed by atoms with Crippen LogP contribution in [0.4, 0.5) is 4.79 Å². The third-order valence-corrected chi connectivity index (χ3v) is 4.90. The molecular formula is C21H18N4O4. The van der Waals surface area contributed by atoms with E-state index in [1.807, 2.05) is 0 Å². The maximum Gasteiger partial charge on any atom is 0.323 e. The highest BCUT2D eigenvalue weighted by Crippen LogP contribution is 2.43. The summed E-state index contributed by atoms with van der Waals surface area (Å²) >= 11 is 0. The van der Waals surface area contributed by atoms with E-state index in [4.69, 9.17) is 16.0 Å². The summed E-state index contributed by atoms with van der Waals surface area (Å²) < 4.78 is 6.69. The molecular weight excluding hydrogens is 372 g/mol. The summed E-state index contributed by atoms with van der Waals surface area (Å²) in [5.41, 5.74) is 15.1. The summed E-state index contributed by atoms with van der Waals surface area (Å²) in [5, 5.41) is 14.3. The zero-order chi connectivity index (χ0) is 20.9. The van der Waals surface area contributed by atoms with Gasteiger partial charge in [-0.1, -0.05) is 17.3 Å². The number of nitrogens with two attached hydrogens (primary N) is 2. The molecule has 4 rings (SSSR count). The van der Waals surface area contributed by atoms with Crippen LogP contribution in [0, 0.1) is 13.8 Å². The van der Waals surface area contributed by atoms with Gasteiger partial charge in [0.25, 0.3) is 0 Å². The Kier molecular flexibility index (Phi) is 4.11. The number of rotatable bonds is 3. The minimum absolute atomic E-state index is 0.101. The number of amides is 2. The van der Waals surface area contributed by atoms with E-state index in [0.717, 1.165) is 0 Å². The molecule has 0 bridgehead atoms. The van der Waals surface area contributed by atoms with E-state index in [1.165, 1.54) is 16.7 Å². The van der Waals surface area contributed by atoms with Gasteiger partial charge in [-0.05, 0) is 49.7 Å². The fourth-order valence-corrected chi connectivity index (χ4v) is 3.65. The number of benzene rings is 2. The van der Waals surface area contributed by atoms with E-state index in [0.29, 0.717) is 50.3 Å². The smallest absolute Gasteiger partial charge is 0.323 e. The Hall–Kier alpha value is -4.07. The van der Waals surface area contributed by atoms with Crippen molar-refractivity contribution in [3.63, 3.8) is 0 Å². The zero-order valence-corrected chi connectivity index (χ0v) is 15.8. The van der Waals surface area contributed by atoms with Crippen LogP contribution < -0.4 is 11.5 Å². The highest BCUT2D eigenvalue weighted by atomic mass is 16.5. The predicted octanol–water partition coefficient (Wildman–Crippen LogP) is 3.31. The molecule has 0 spiro atoms. The largest absolute Gasteiger partial charge is 0.508 e. The Labute approximate surface area is 165 Å². The van der Waals surface area contributed by atoms with E-state index >= 15 is 0 Å². The number of hydrogen-bond donors (Lipinski definition) is 3. The van der Waals surface area contributed by atoms with Gasteiger partial charge in [0.1, 0.15) is 11.5 Å². The first kappa shape index (κ1) is 18.3. The van der Waals surface area contributed by atoms with Crippen molar-refractivity contribution in [2.75, 3.05) is 0 Å². The Morgan fingerprint density at radius 1 is 1.03 bits per heavy atom. The van der Waals surface area contributed by atoms with Crippen molar-refractivity contribution in [1.29, 1.82) is 0 Å². The quantitative estimate of drug-likeness (QED) is 0.493. The molecule has 2 aromatic heterocycles. The molecule has 2 heterocycles. The number of aromatic hydroxyl groups is 1. The SMILES string of the molecule is Cc1noc(C)c1-c1c(-c2ccc(O)cc2)c2cc(C(N)=O)ccc2n1C(N)=O. The summed E-state index contributed by atoms with van der Waals surface area (Å²) in [4.78, 5) is 24.2. The molecule has 2 aromatic carbocycles. The molecule has 0 aliphatic carbocycles.